The summed E-state index contributed by atoms with van der Waals surface area (Å²) in [5.41, 5.74) is 4.14. The van der Waals surface area contributed by atoms with E-state index in [0.717, 1.165) is 0 Å². The molecule has 0 bridgehead atoms. The highest BCUT2D eigenvalue weighted by Gasteiger charge is 2.38. The average Bonchev–Trinajstić information content (AvgIpc) is 2.39. The van der Waals surface area contributed by atoms with Crippen molar-refractivity contribution in [2.24, 2.45) is 17.1 Å². The molecule has 20 heavy (non-hydrogen) atoms. The molecule has 1 amide bonds. The quantitative estimate of drug-likeness (QED) is 0.561. The van der Waals surface area contributed by atoms with Crippen LogP contribution in [0.1, 0.15) is 33.6 Å². The highest BCUT2D eigenvalue weighted by atomic mass is 16.5. The van der Waals surface area contributed by atoms with Crippen LogP contribution in [0.4, 0.5) is 0 Å². The fourth-order valence-corrected chi connectivity index (χ4v) is 2.20. The third-order valence-electron chi connectivity index (χ3n) is 3.84. The monoisotopic (exact) mass is 284 g/mol. The van der Waals surface area contributed by atoms with E-state index in [-0.39, 0.29) is 30.8 Å². The van der Waals surface area contributed by atoms with Gasteiger partial charge in [-0.3, -0.25) is 19.3 Å². The Labute approximate surface area is 119 Å². The van der Waals surface area contributed by atoms with Gasteiger partial charge >= 0.3 is 5.97 Å². The van der Waals surface area contributed by atoms with Gasteiger partial charge < -0.3 is 10.5 Å². The predicted octanol–water partition coefficient (Wildman–Crippen LogP) is 0.342. The minimum atomic E-state index is -1.13. The van der Waals surface area contributed by atoms with E-state index in [4.69, 9.17) is 10.5 Å². The van der Waals surface area contributed by atoms with Crippen LogP contribution in [0.15, 0.2) is 0 Å². The Morgan fingerprint density at radius 1 is 1.25 bits per heavy atom. The summed E-state index contributed by atoms with van der Waals surface area (Å²) in [6.07, 6.45) is 1.34. The number of carbonyl (C=O) groups is 3. The van der Waals surface area contributed by atoms with Gasteiger partial charge in [-0.25, -0.2) is 0 Å². The molecule has 1 saturated heterocycles. The summed E-state index contributed by atoms with van der Waals surface area (Å²) in [7, 11) is 0. The summed E-state index contributed by atoms with van der Waals surface area (Å²) in [6.45, 7) is 6.66. The van der Waals surface area contributed by atoms with E-state index in [0.29, 0.717) is 25.9 Å². The molecule has 114 valence electrons. The van der Waals surface area contributed by atoms with E-state index in [1.807, 2.05) is 4.90 Å². The van der Waals surface area contributed by atoms with Gasteiger partial charge in [-0.1, -0.05) is 0 Å². The zero-order valence-corrected chi connectivity index (χ0v) is 12.5. The topological polar surface area (TPSA) is 89.7 Å². The summed E-state index contributed by atoms with van der Waals surface area (Å²) in [6, 6.07) is 0. The summed E-state index contributed by atoms with van der Waals surface area (Å²) < 4.78 is 4.93. The van der Waals surface area contributed by atoms with Crippen LogP contribution in [0.25, 0.3) is 0 Å². The molecule has 1 rings (SSSR count). The molecule has 0 atom stereocenters. The molecule has 1 fully saturated rings. The molecule has 2 N–H and O–H groups in total. The van der Waals surface area contributed by atoms with E-state index >= 15 is 0 Å². The molecule has 0 spiro atoms. The molecule has 1 heterocycles. The lowest BCUT2D eigenvalue weighted by molar-refractivity contribution is -0.158. The Morgan fingerprint density at radius 2 is 1.80 bits per heavy atom. The number of ketones is 1. The molecule has 0 saturated carbocycles. The molecule has 0 aromatic rings. The molecule has 0 aromatic carbocycles. The van der Waals surface area contributed by atoms with Crippen LogP contribution in [0.5, 0.6) is 0 Å². The molecular weight excluding hydrogens is 260 g/mol. The minimum Gasteiger partial charge on any atom is -0.465 e. The largest absolute Gasteiger partial charge is 0.465 e. The summed E-state index contributed by atoms with van der Waals surface area (Å²) in [4.78, 5) is 37.0. The Balaban J connectivity index is 2.51. The highest BCUT2D eigenvalue weighted by molar-refractivity contribution is 6.03. The lowest BCUT2D eigenvalue weighted by Crippen LogP contribution is -2.45. The number of nitrogens with zero attached hydrogens (tertiary/aromatic N) is 1. The Kier molecular flexibility index (Phi) is 5.68. The number of hydrogen-bond donors (Lipinski definition) is 1. The van der Waals surface area contributed by atoms with Crippen molar-refractivity contribution in [2.45, 2.75) is 33.6 Å². The van der Waals surface area contributed by atoms with Crippen LogP contribution in [0.2, 0.25) is 0 Å². The van der Waals surface area contributed by atoms with E-state index < -0.39 is 11.4 Å². The first-order valence-corrected chi connectivity index (χ1v) is 7.01. The Morgan fingerprint density at radius 3 is 2.25 bits per heavy atom. The first-order chi connectivity index (χ1) is 9.28. The van der Waals surface area contributed by atoms with E-state index in [9.17, 15) is 14.4 Å². The maximum Gasteiger partial charge on any atom is 0.319 e. The van der Waals surface area contributed by atoms with E-state index in [1.54, 1.807) is 20.8 Å². The van der Waals surface area contributed by atoms with Gasteiger partial charge in [-0.15, -0.1) is 0 Å². The van der Waals surface area contributed by atoms with Crippen molar-refractivity contribution >= 4 is 17.7 Å². The van der Waals surface area contributed by atoms with Gasteiger partial charge in [0.25, 0.3) is 0 Å². The standard InChI is InChI=1S/C14H24N2O4/c1-4-20-13(19)14(2,3)11(17)9-16-7-5-10(6-8-16)12(15)18/h10H,4-9H2,1-3H3,(H2,15,18). The number of nitrogens with two attached hydrogens (primary N) is 1. The van der Waals surface area contributed by atoms with Crippen LogP contribution >= 0.6 is 0 Å². The van der Waals surface area contributed by atoms with E-state index in [2.05, 4.69) is 0 Å². The van der Waals surface area contributed by atoms with Crippen molar-refractivity contribution in [3.05, 3.63) is 0 Å². The first kappa shape index (κ1) is 16.6. The third-order valence-corrected chi connectivity index (χ3v) is 3.84. The first-order valence-electron chi connectivity index (χ1n) is 7.01. The zero-order chi connectivity index (χ0) is 15.3. The summed E-state index contributed by atoms with van der Waals surface area (Å²) >= 11 is 0. The maximum absolute atomic E-state index is 12.2. The van der Waals surface area contributed by atoms with Gasteiger partial charge in [-0.05, 0) is 46.7 Å². The van der Waals surface area contributed by atoms with Gasteiger partial charge in [0.05, 0.1) is 13.2 Å². The van der Waals surface area contributed by atoms with Crippen molar-refractivity contribution < 1.29 is 19.1 Å². The van der Waals surface area contributed by atoms with Crippen LogP contribution < -0.4 is 5.73 Å². The van der Waals surface area contributed by atoms with E-state index in [1.165, 1.54) is 0 Å². The minimum absolute atomic E-state index is 0.0978. The number of piperidine rings is 1. The van der Waals surface area contributed by atoms with Crippen molar-refractivity contribution in [3.63, 3.8) is 0 Å². The number of ether oxygens (including phenoxy) is 1. The molecule has 0 unspecified atom stereocenters. The number of likely N-dealkylation sites (tertiary alicyclic amines) is 1. The van der Waals surface area contributed by atoms with Crippen molar-refractivity contribution in [1.29, 1.82) is 0 Å². The van der Waals surface area contributed by atoms with Gasteiger partial charge in [0, 0.05) is 5.92 Å². The number of rotatable bonds is 6. The number of primary amides is 1. The smallest absolute Gasteiger partial charge is 0.319 e. The lowest BCUT2D eigenvalue weighted by Gasteiger charge is -2.32. The average molecular weight is 284 g/mol. The Bertz CT molecular complexity index is 385. The lowest BCUT2D eigenvalue weighted by atomic mass is 9.87. The van der Waals surface area contributed by atoms with Gasteiger partial charge in [0.15, 0.2) is 5.78 Å². The SMILES string of the molecule is CCOC(=O)C(C)(C)C(=O)CN1CCC(C(N)=O)CC1. The number of hydrogen-bond acceptors (Lipinski definition) is 5. The maximum atomic E-state index is 12.2. The van der Waals surface area contributed by atoms with Crippen molar-refractivity contribution in [1.82, 2.24) is 4.90 Å². The molecule has 0 radical (unpaired) electrons. The molecule has 1 aliphatic rings. The normalized spacial score (nSPS) is 17.8. The number of carbonyl (C=O) groups excluding carboxylic acids is 3. The van der Waals surface area contributed by atoms with Crippen LogP contribution in [0.3, 0.4) is 0 Å². The predicted molar refractivity (Wildman–Crippen MR) is 73.8 cm³/mol. The molecule has 6 heteroatoms. The fraction of sp³-hybridized carbons (Fsp3) is 0.786. The summed E-state index contributed by atoms with van der Waals surface area (Å²) in [5, 5.41) is 0. The Hall–Kier alpha value is -1.43. The summed E-state index contributed by atoms with van der Waals surface area (Å²) in [5.74, 6) is -1.02. The number of esters is 1. The van der Waals surface area contributed by atoms with Crippen molar-refractivity contribution in [3.8, 4) is 0 Å². The molecular formula is C14H24N2O4. The highest BCUT2D eigenvalue weighted by Crippen LogP contribution is 2.22. The molecule has 1 aliphatic heterocycles. The van der Waals surface area contributed by atoms with Crippen LogP contribution in [-0.2, 0) is 19.1 Å². The van der Waals surface area contributed by atoms with Crippen LogP contribution in [0, 0.1) is 11.3 Å². The second-order valence-corrected chi connectivity index (χ2v) is 5.72. The fourth-order valence-electron chi connectivity index (χ4n) is 2.20. The molecule has 0 aromatic heterocycles. The molecule has 0 aliphatic carbocycles. The van der Waals surface area contributed by atoms with Gasteiger partial charge in [0.1, 0.15) is 5.41 Å². The van der Waals surface area contributed by atoms with Gasteiger partial charge in [0.2, 0.25) is 5.91 Å². The number of amides is 1. The van der Waals surface area contributed by atoms with Gasteiger partial charge in [-0.2, -0.15) is 0 Å². The second-order valence-electron chi connectivity index (χ2n) is 5.72. The molecule has 6 nitrogen and oxygen atoms in total. The third kappa shape index (κ3) is 4.03. The zero-order valence-electron chi connectivity index (χ0n) is 12.5. The number of Topliss-reactive ketones (excluding diaryl/α,β-unsaturated/α-hetero) is 1. The van der Waals surface area contributed by atoms with Crippen LogP contribution in [-0.4, -0.2) is 48.8 Å². The van der Waals surface area contributed by atoms with Crippen molar-refractivity contribution in [2.75, 3.05) is 26.2 Å². The second kappa shape index (κ2) is 6.83.